The molecule has 1 aromatic carbocycles. The van der Waals surface area contributed by atoms with Crippen LogP contribution >= 0.6 is 11.8 Å². The number of nitrogens with one attached hydrogen (secondary N) is 1. The lowest BCUT2D eigenvalue weighted by Gasteiger charge is -2.30. The van der Waals surface area contributed by atoms with E-state index < -0.39 is 0 Å². The first-order valence-electron chi connectivity index (χ1n) is 6.06. The summed E-state index contributed by atoms with van der Waals surface area (Å²) in [5.74, 6) is 2.29. The molecule has 1 aromatic rings. The fourth-order valence-corrected chi connectivity index (χ4v) is 3.13. The molecule has 0 spiro atoms. The van der Waals surface area contributed by atoms with Gasteiger partial charge in [-0.25, -0.2) is 0 Å². The van der Waals surface area contributed by atoms with Crippen molar-refractivity contribution in [2.75, 3.05) is 19.4 Å². The van der Waals surface area contributed by atoms with Crippen molar-refractivity contribution in [3.05, 3.63) is 35.4 Å². The van der Waals surface area contributed by atoms with Crippen molar-refractivity contribution in [1.29, 1.82) is 0 Å². The number of benzene rings is 1. The minimum atomic E-state index is -0.100. The summed E-state index contributed by atoms with van der Waals surface area (Å²) in [7, 11) is 1.77. The fourth-order valence-electron chi connectivity index (χ4n) is 1.99. The first-order chi connectivity index (χ1) is 8.12. The molecule has 1 atom stereocenters. The van der Waals surface area contributed by atoms with Crippen LogP contribution in [0.25, 0.3) is 0 Å². The Hall–Kier alpha value is -0.510. The maximum absolute atomic E-state index is 5.45. The molecule has 3 heteroatoms. The largest absolute Gasteiger partial charge is 0.377 e. The highest BCUT2D eigenvalue weighted by Gasteiger charge is 2.23. The lowest BCUT2D eigenvalue weighted by Crippen LogP contribution is -2.40. The molecule has 1 heterocycles. The van der Waals surface area contributed by atoms with Gasteiger partial charge in [0.1, 0.15) is 0 Å². The molecular weight excluding hydrogens is 230 g/mol. The lowest BCUT2D eigenvalue weighted by atomic mass is 10.0. The second-order valence-electron chi connectivity index (χ2n) is 5.11. The van der Waals surface area contributed by atoms with Crippen molar-refractivity contribution < 1.29 is 4.74 Å². The van der Waals surface area contributed by atoms with Gasteiger partial charge in [0.05, 0.1) is 5.60 Å². The SMILES string of the molecule is COC(C)(C)CNC1CSCc2ccccc21. The Kier molecular flexibility index (Phi) is 4.13. The lowest BCUT2D eigenvalue weighted by molar-refractivity contribution is 0.0215. The number of rotatable bonds is 4. The summed E-state index contributed by atoms with van der Waals surface area (Å²) in [6.07, 6.45) is 0. The molecule has 0 aliphatic carbocycles. The quantitative estimate of drug-likeness (QED) is 0.889. The van der Waals surface area contributed by atoms with Gasteiger partial charge >= 0.3 is 0 Å². The van der Waals surface area contributed by atoms with Crippen LogP contribution in [-0.4, -0.2) is 25.0 Å². The van der Waals surface area contributed by atoms with Gasteiger partial charge in [-0.15, -0.1) is 0 Å². The minimum absolute atomic E-state index is 0.100. The van der Waals surface area contributed by atoms with Gasteiger partial charge < -0.3 is 10.1 Å². The van der Waals surface area contributed by atoms with Gasteiger partial charge in [0.2, 0.25) is 0 Å². The summed E-state index contributed by atoms with van der Waals surface area (Å²) in [5.41, 5.74) is 2.83. The molecule has 1 aliphatic heterocycles. The van der Waals surface area contributed by atoms with Crippen LogP contribution in [0.3, 0.4) is 0 Å². The van der Waals surface area contributed by atoms with E-state index in [0.29, 0.717) is 6.04 Å². The van der Waals surface area contributed by atoms with E-state index in [1.54, 1.807) is 7.11 Å². The van der Waals surface area contributed by atoms with Gasteiger partial charge in [0.25, 0.3) is 0 Å². The third kappa shape index (κ3) is 3.24. The molecule has 1 aliphatic rings. The molecule has 94 valence electrons. The van der Waals surface area contributed by atoms with Crippen LogP contribution in [0.4, 0.5) is 0 Å². The maximum atomic E-state index is 5.45. The van der Waals surface area contributed by atoms with Crippen molar-refractivity contribution in [1.82, 2.24) is 5.32 Å². The number of thioether (sulfide) groups is 1. The van der Waals surface area contributed by atoms with E-state index in [-0.39, 0.29) is 5.60 Å². The summed E-state index contributed by atoms with van der Waals surface area (Å²) in [6.45, 7) is 5.10. The Morgan fingerprint density at radius 1 is 1.41 bits per heavy atom. The summed E-state index contributed by atoms with van der Waals surface area (Å²) in [5, 5.41) is 3.62. The average Bonchev–Trinajstić information content (AvgIpc) is 2.36. The monoisotopic (exact) mass is 251 g/mol. The number of hydrogen-bond acceptors (Lipinski definition) is 3. The summed E-state index contributed by atoms with van der Waals surface area (Å²) in [6, 6.07) is 9.19. The van der Waals surface area contributed by atoms with Crippen LogP contribution < -0.4 is 5.32 Å². The number of hydrogen-bond donors (Lipinski definition) is 1. The zero-order chi connectivity index (χ0) is 12.3. The third-order valence-electron chi connectivity index (χ3n) is 3.30. The molecule has 0 amide bonds. The first-order valence-corrected chi connectivity index (χ1v) is 7.22. The van der Waals surface area contributed by atoms with Crippen LogP contribution in [0, 0.1) is 0 Å². The van der Waals surface area contributed by atoms with E-state index in [1.165, 1.54) is 11.1 Å². The van der Waals surface area contributed by atoms with Crippen molar-refractivity contribution >= 4 is 11.8 Å². The zero-order valence-electron chi connectivity index (χ0n) is 10.8. The van der Waals surface area contributed by atoms with Crippen molar-refractivity contribution in [2.24, 2.45) is 0 Å². The van der Waals surface area contributed by atoms with Crippen LogP contribution in [0.2, 0.25) is 0 Å². The van der Waals surface area contributed by atoms with Gasteiger partial charge in [0.15, 0.2) is 0 Å². The van der Waals surface area contributed by atoms with Gasteiger partial charge in [0, 0.05) is 31.2 Å². The molecule has 0 fully saturated rings. The number of methoxy groups -OCH3 is 1. The van der Waals surface area contributed by atoms with E-state index >= 15 is 0 Å². The van der Waals surface area contributed by atoms with Crippen LogP contribution in [0.15, 0.2) is 24.3 Å². The summed E-state index contributed by atoms with van der Waals surface area (Å²) >= 11 is 2.00. The highest BCUT2D eigenvalue weighted by Crippen LogP contribution is 2.31. The molecule has 0 saturated carbocycles. The molecule has 0 aromatic heterocycles. The number of ether oxygens (including phenoxy) is 1. The standard InChI is InChI=1S/C14H21NOS/c1-14(2,16-3)10-15-13-9-17-8-11-6-4-5-7-12(11)13/h4-7,13,15H,8-10H2,1-3H3. The molecule has 1 unspecified atom stereocenters. The molecular formula is C14H21NOS. The average molecular weight is 251 g/mol. The molecule has 0 saturated heterocycles. The van der Waals surface area contributed by atoms with Crippen LogP contribution in [0.5, 0.6) is 0 Å². The second-order valence-corrected chi connectivity index (χ2v) is 6.14. The predicted molar refractivity (Wildman–Crippen MR) is 74.4 cm³/mol. The van der Waals surface area contributed by atoms with E-state index in [0.717, 1.165) is 18.1 Å². The summed E-state index contributed by atoms with van der Waals surface area (Å²) < 4.78 is 5.45. The highest BCUT2D eigenvalue weighted by atomic mass is 32.2. The zero-order valence-corrected chi connectivity index (χ0v) is 11.6. The molecule has 2 nitrogen and oxygen atoms in total. The fraction of sp³-hybridized carbons (Fsp3) is 0.571. The molecule has 2 rings (SSSR count). The molecule has 0 bridgehead atoms. The van der Waals surface area contributed by atoms with E-state index in [2.05, 4.69) is 43.4 Å². The predicted octanol–water partition coefficient (Wildman–Crippen LogP) is 2.99. The van der Waals surface area contributed by atoms with E-state index in [4.69, 9.17) is 4.74 Å². The highest BCUT2D eigenvalue weighted by molar-refractivity contribution is 7.98. The van der Waals surface area contributed by atoms with Gasteiger partial charge in [-0.2, -0.15) is 11.8 Å². The van der Waals surface area contributed by atoms with E-state index in [9.17, 15) is 0 Å². The maximum Gasteiger partial charge on any atom is 0.0746 e. The van der Waals surface area contributed by atoms with Gasteiger partial charge in [-0.3, -0.25) is 0 Å². The molecule has 0 radical (unpaired) electrons. The first kappa shape index (κ1) is 12.9. The Labute approximate surface area is 108 Å². The van der Waals surface area contributed by atoms with E-state index in [1.807, 2.05) is 11.8 Å². The Morgan fingerprint density at radius 2 is 2.18 bits per heavy atom. The van der Waals surface area contributed by atoms with Crippen LogP contribution in [0.1, 0.15) is 31.0 Å². The minimum Gasteiger partial charge on any atom is -0.377 e. The second kappa shape index (κ2) is 5.42. The Morgan fingerprint density at radius 3 is 2.94 bits per heavy atom. The smallest absolute Gasteiger partial charge is 0.0746 e. The normalized spacial score (nSPS) is 20.1. The van der Waals surface area contributed by atoms with Crippen molar-refractivity contribution in [3.8, 4) is 0 Å². The number of fused-ring (bicyclic) bond motifs is 1. The molecule has 17 heavy (non-hydrogen) atoms. The van der Waals surface area contributed by atoms with Crippen LogP contribution in [-0.2, 0) is 10.5 Å². The van der Waals surface area contributed by atoms with Crippen molar-refractivity contribution in [2.45, 2.75) is 31.2 Å². The molecule has 1 N–H and O–H groups in total. The Balaban J connectivity index is 2.04. The van der Waals surface area contributed by atoms with Gasteiger partial charge in [-0.1, -0.05) is 24.3 Å². The third-order valence-corrected chi connectivity index (χ3v) is 4.38. The topological polar surface area (TPSA) is 21.3 Å². The Bertz CT molecular complexity index is 378. The van der Waals surface area contributed by atoms with Crippen molar-refractivity contribution in [3.63, 3.8) is 0 Å². The summed E-state index contributed by atoms with van der Waals surface area (Å²) in [4.78, 5) is 0. The van der Waals surface area contributed by atoms with Gasteiger partial charge in [-0.05, 0) is 25.0 Å².